The van der Waals surface area contributed by atoms with Crippen molar-refractivity contribution in [2.45, 2.75) is 39.3 Å². The summed E-state index contributed by atoms with van der Waals surface area (Å²) in [6.45, 7) is 5.24. The molecule has 1 aliphatic rings. The highest BCUT2D eigenvalue weighted by Crippen LogP contribution is 2.14. The van der Waals surface area contributed by atoms with Crippen LogP contribution < -0.4 is 5.32 Å². The third-order valence-corrected chi connectivity index (χ3v) is 5.87. The zero-order valence-corrected chi connectivity index (χ0v) is 17.4. The van der Waals surface area contributed by atoms with Crippen LogP contribution in [0.3, 0.4) is 0 Å². The number of likely N-dealkylation sites (tertiary alicyclic amines) is 1. The number of aryl methyl sites for hydroxylation is 1. The van der Waals surface area contributed by atoms with E-state index in [1.165, 1.54) is 0 Å². The normalized spacial score (nSPS) is 13.9. The molecule has 1 fully saturated rings. The zero-order chi connectivity index (χ0) is 19.9. The molecular formula is C21H28N4O2S. The molecule has 0 spiro atoms. The summed E-state index contributed by atoms with van der Waals surface area (Å²) < 4.78 is 0. The minimum absolute atomic E-state index is 0.0225. The van der Waals surface area contributed by atoms with Crippen molar-refractivity contribution in [1.29, 1.82) is 0 Å². The number of likely N-dealkylation sites (N-methyl/N-ethyl adjacent to an activating group) is 1. The Balaban J connectivity index is 1.42. The molecule has 150 valence electrons. The Labute approximate surface area is 170 Å². The predicted molar refractivity (Wildman–Crippen MR) is 111 cm³/mol. The van der Waals surface area contributed by atoms with Crippen molar-refractivity contribution in [3.8, 4) is 0 Å². The Morgan fingerprint density at radius 1 is 1.21 bits per heavy atom. The average molecular weight is 401 g/mol. The third kappa shape index (κ3) is 5.62. The first-order valence-corrected chi connectivity index (χ1v) is 10.7. The highest BCUT2D eigenvalue weighted by atomic mass is 32.1. The quantitative estimate of drug-likeness (QED) is 0.740. The number of benzene rings is 1. The summed E-state index contributed by atoms with van der Waals surface area (Å²) in [5.41, 5.74) is 2.71. The van der Waals surface area contributed by atoms with Gasteiger partial charge in [0.25, 0.3) is 5.91 Å². The number of rotatable bonds is 8. The van der Waals surface area contributed by atoms with Crippen LogP contribution in [0.1, 0.15) is 46.4 Å². The fourth-order valence-corrected chi connectivity index (χ4v) is 4.02. The maximum atomic E-state index is 12.4. The Bertz CT molecular complexity index is 797. The summed E-state index contributed by atoms with van der Waals surface area (Å²) in [4.78, 5) is 33.0. The number of hydrogen-bond donors (Lipinski definition) is 1. The lowest BCUT2D eigenvalue weighted by atomic mass is 10.1. The second kappa shape index (κ2) is 9.80. The lowest BCUT2D eigenvalue weighted by molar-refractivity contribution is -0.122. The summed E-state index contributed by atoms with van der Waals surface area (Å²) >= 11 is 1.66. The van der Waals surface area contributed by atoms with Gasteiger partial charge in [-0.2, -0.15) is 0 Å². The van der Waals surface area contributed by atoms with Crippen molar-refractivity contribution in [2.24, 2.45) is 0 Å². The van der Waals surface area contributed by atoms with E-state index in [1.807, 2.05) is 41.1 Å². The molecular weight excluding hydrogens is 372 g/mol. The van der Waals surface area contributed by atoms with E-state index in [-0.39, 0.29) is 11.8 Å². The molecule has 1 aromatic heterocycles. The van der Waals surface area contributed by atoms with Crippen molar-refractivity contribution in [1.82, 2.24) is 20.1 Å². The van der Waals surface area contributed by atoms with Crippen LogP contribution in [0.25, 0.3) is 0 Å². The van der Waals surface area contributed by atoms with Gasteiger partial charge in [0.05, 0.1) is 17.2 Å². The van der Waals surface area contributed by atoms with Crippen LogP contribution in [0.2, 0.25) is 0 Å². The van der Waals surface area contributed by atoms with Crippen LogP contribution in [-0.4, -0.2) is 53.3 Å². The van der Waals surface area contributed by atoms with Crippen molar-refractivity contribution < 1.29 is 9.59 Å². The molecule has 2 aromatic rings. The van der Waals surface area contributed by atoms with Gasteiger partial charge in [-0.15, -0.1) is 11.3 Å². The number of carbonyl (C=O) groups excluding carboxylic acids is 2. The van der Waals surface area contributed by atoms with Crippen molar-refractivity contribution in [3.63, 3.8) is 0 Å². The van der Waals surface area contributed by atoms with E-state index >= 15 is 0 Å². The fraction of sp³-hybridized carbons (Fsp3) is 0.476. The molecule has 7 heteroatoms. The Morgan fingerprint density at radius 2 is 1.93 bits per heavy atom. The van der Waals surface area contributed by atoms with Crippen molar-refractivity contribution in [3.05, 3.63) is 51.5 Å². The van der Waals surface area contributed by atoms with Gasteiger partial charge < -0.3 is 10.2 Å². The van der Waals surface area contributed by atoms with E-state index in [0.717, 1.165) is 48.6 Å². The van der Waals surface area contributed by atoms with Gasteiger partial charge in [0, 0.05) is 37.1 Å². The summed E-state index contributed by atoms with van der Waals surface area (Å²) in [6, 6.07) is 7.52. The fourth-order valence-electron chi connectivity index (χ4n) is 3.29. The third-order valence-electron chi connectivity index (χ3n) is 4.83. The van der Waals surface area contributed by atoms with Gasteiger partial charge in [0.2, 0.25) is 5.91 Å². The molecule has 0 atom stereocenters. The second-order valence-electron chi connectivity index (χ2n) is 7.23. The number of amides is 2. The maximum absolute atomic E-state index is 12.4. The predicted octanol–water partition coefficient (Wildman–Crippen LogP) is 2.69. The molecule has 28 heavy (non-hydrogen) atoms. The number of aromatic nitrogens is 1. The Hall–Kier alpha value is -2.25. The molecule has 1 aliphatic heterocycles. The van der Waals surface area contributed by atoms with E-state index in [0.29, 0.717) is 25.2 Å². The van der Waals surface area contributed by atoms with Gasteiger partial charge in [0.1, 0.15) is 0 Å². The molecule has 0 saturated carbocycles. The molecule has 0 bridgehead atoms. The summed E-state index contributed by atoms with van der Waals surface area (Å²) in [5, 5.41) is 6.12. The molecule has 0 aliphatic carbocycles. The molecule has 2 amide bonds. The van der Waals surface area contributed by atoms with Crippen molar-refractivity contribution in [2.75, 3.05) is 26.7 Å². The van der Waals surface area contributed by atoms with Crippen LogP contribution in [0, 0.1) is 0 Å². The molecule has 0 radical (unpaired) electrons. The summed E-state index contributed by atoms with van der Waals surface area (Å²) in [5.74, 6) is 0.0774. The molecule has 1 saturated heterocycles. The first-order chi connectivity index (χ1) is 13.5. The van der Waals surface area contributed by atoms with Gasteiger partial charge in [-0.05, 0) is 44.0 Å². The minimum Gasteiger partial charge on any atom is -0.351 e. The molecule has 0 unspecified atom stereocenters. The molecule has 2 heterocycles. The highest BCUT2D eigenvalue weighted by molar-refractivity contribution is 7.09. The van der Waals surface area contributed by atoms with Crippen LogP contribution in [0.4, 0.5) is 0 Å². The van der Waals surface area contributed by atoms with E-state index < -0.39 is 0 Å². The minimum atomic E-state index is -0.0225. The topological polar surface area (TPSA) is 65.5 Å². The van der Waals surface area contributed by atoms with Crippen LogP contribution in [0.15, 0.2) is 29.6 Å². The van der Waals surface area contributed by atoms with E-state index in [4.69, 9.17) is 0 Å². The van der Waals surface area contributed by atoms with Gasteiger partial charge in [-0.25, -0.2) is 4.98 Å². The number of thiazole rings is 1. The van der Waals surface area contributed by atoms with E-state index in [1.54, 1.807) is 11.3 Å². The summed E-state index contributed by atoms with van der Waals surface area (Å²) in [7, 11) is 1.92. The van der Waals surface area contributed by atoms with Gasteiger partial charge in [-0.3, -0.25) is 14.5 Å². The highest BCUT2D eigenvalue weighted by Gasteiger charge is 2.19. The SMILES string of the molecule is CCc1nc(CN(C)CC(=O)NCc2ccc(C(=O)N3CCCC3)cc2)cs1. The number of carbonyl (C=O) groups is 2. The van der Waals surface area contributed by atoms with Crippen molar-refractivity contribution >= 4 is 23.2 Å². The smallest absolute Gasteiger partial charge is 0.253 e. The largest absolute Gasteiger partial charge is 0.351 e. The van der Waals surface area contributed by atoms with Crippen LogP contribution in [0.5, 0.6) is 0 Å². The second-order valence-corrected chi connectivity index (χ2v) is 8.17. The average Bonchev–Trinajstić information content (AvgIpc) is 3.38. The van der Waals surface area contributed by atoms with Crippen LogP contribution >= 0.6 is 11.3 Å². The van der Waals surface area contributed by atoms with E-state index in [2.05, 4.69) is 22.6 Å². The standard InChI is InChI=1S/C21H28N4O2S/c1-3-20-23-18(15-28-20)13-24(2)14-19(26)22-12-16-6-8-17(9-7-16)21(27)25-10-4-5-11-25/h6-9,15H,3-5,10-14H2,1-2H3,(H,22,26). The lowest BCUT2D eigenvalue weighted by Crippen LogP contribution is -2.34. The zero-order valence-electron chi connectivity index (χ0n) is 16.6. The maximum Gasteiger partial charge on any atom is 0.253 e. The van der Waals surface area contributed by atoms with Gasteiger partial charge in [-0.1, -0.05) is 19.1 Å². The summed E-state index contributed by atoms with van der Waals surface area (Å²) in [6.07, 6.45) is 3.12. The number of nitrogens with one attached hydrogen (secondary N) is 1. The Morgan fingerprint density at radius 3 is 2.57 bits per heavy atom. The van der Waals surface area contributed by atoms with Crippen LogP contribution in [-0.2, 0) is 24.3 Å². The van der Waals surface area contributed by atoms with Gasteiger partial charge >= 0.3 is 0 Å². The first-order valence-electron chi connectivity index (χ1n) is 9.82. The molecule has 3 rings (SSSR count). The lowest BCUT2D eigenvalue weighted by Gasteiger charge is -2.16. The molecule has 1 N–H and O–H groups in total. The molecule has 6 nitrogen and oxygen atoms in total. The number of nitrogens with zero attached hydrogens (tertiary/aromatic N) is 3. The Kier molecular flexibility index (Phi) is 7.17. The number of hydrogen-bond acceptors (Lipinski definition) is 5. The van der Waals surface area contributed by atoms with Gasteiger partial charge in [0.15, 0.2) is 0 Å². The van der Waals surface area contributed by atoms with E-state index in [9.17, 15) is 9.59 Å². The molecule has 1 aromatic carbocycles. The first kappa shape index (κ1) is 20.5. The monoisotopic (exact) mass is 400 g/mol.